The molecule has 0 radical (unpaired) electrons. The molecular formula is C18H16N4OS2. The van der Waals surface area contributed by atoms with Crippen molar-refractivity contribution < 1.29 is 4.42 Å². The van der Waals surface area contributed by atoms with Gasteiger partial charge in [0, 0.05) is 4.88 Å². The Morgan fingerprint density at radius 2 is 2.00 bits per heavy atom. The van der Waals surface area contributed by atoms with Crippen molar-refractivity contribution in [2.24, 2.45) is 0 Å². The van der Waals surface area contributed by atoms with Crippen LogP contribution in [0.4, 0.5) is 5.82 Å². The number of thioether (sulfide) groups is 1. The van der Waals surface area contributed by atoms with E-state index in [-0.39, 0.29) is 0 Å². The zero-order chi connectivity index (χ0) is 16.8. The van der Waals surface area contributed by atoms with Gasteiger partial charge in [0.05, 0.1) is 11.1 Å². The molecular weight excluding hydrogens is 352 g/mol. The van der Waals surface area contributed by atoms with Gasteiger partial charge in [-0.3, -0.25) is 0 Å². The van der Waals surface area contributed by atoms with Gasteiger partial charge in [-0.15, -0.1) is 11.3 Å². The van der Waals surface area contributed by atoms with E-state index in [1.165, 1.54) is 35.0 Å². The first kappa shape index (κ1) is 15.2. The van der Waals surface area contributed by atoms with Gasteiger partial charge in [-0.2, -0.15) is 0 Å². The van der Waals surface area contributed by atoms with Crippen LogP contribution in [0, 0.1) is 0 Å². The average Bonchev–Trinajstić information content (AvgIpc) is 3.20. The van der Waals surface area contributed by atoms with Crippen LogP contribution in [0.1, 0.15) is 29.2 Å². The maximum atomic E-state index is 6.26. The molecule has 25 heavy (non-hydrogen) atoms. The van der Waals surface area contributed by atoms with E-state index in [2.05, 4.69) is 9.97 Å². The van der Waals surface area contributed by atoms with Crippen molar-refractivity contribution >= 4 is 50.2 Å². The highest BCUT2D eigenvalue weighted by Gasteiger charge is 2.20. The second-order valence-electron chi connectivity index (χ2n) is 6.15. The Balaban J connectivity index is 1.44. The molecule has 1 aliphatic rings. The number of rotatable bonds is 3. The van der Waals surface area contributed by atoms with E-state index in [0.29, 0.717) is 22.6 Å². The number of para-hydroxylation sites is 2. The topological polar surface area (TPSA) is 77.8 Å². The number of hydrogen-bond donors (Lipinski definition) is 1. The summed E-state index contributed by atoms with van der Waals surface area (Å²) in [5.74, 6) is 1.87. The average molecular weight is 368 g/mol. The summed E-state index contributed by atoms with van der Waals surface area (Å²) >= 11 is 3.28. The molecule has 5 nitrogen and oxygen atoms in total. The highest BCUT2D eigenvalue weighted by molar-refractivity contribution is 7.98. The fourth-order valence-corrected chi connectivity index (χ4v) is 5.36. The standard InChI is InChI=1S/C18H16N4OS2/c19-16-15-10-5-1-4-8-13(10)25-17(15)22-18(21-16)24-9-14-20-11-6-2-3-7-12(11)23-14/h2-3,6-7H,1,4-5,8-9H2,(H2,19,21,22). The van der Waals surface area contributed by atoms with Gasteiger partial charge in [0.2, 0.25) is 5.89 Å². The van der Waals surface area contributed by atoms with E-state index >= 15 is 0 Å². The Kier molecular flexibility index (Phi) is 3.64. The van der Waals surface area contributed by atoms with Crippen molar-refractivity contribution in [1.29, 1.82) is 0 Å². The van der Waals surface area contributed by atoms with E-state index in [1.807, 2.05) is 24.3 Å². The smallest absolute Gasteiger partial charge is 0.205 e. The molecule has 0 aliphatic heterocycles. The van der Waals surface area contributed by atoms with Gasteiger partial charge in [-0.1, -0.05) is 23.9 Å². The second-order valence-corrected chi connectivity index (χ2v) is 8.17. The lowest BCUT2D eigenvalue weighted by Crippen LogP contribution is -2.01. The summed E-state index contributed by atoms with van der Waals surface area (Å²) in [5.41, 5.74) is 9.31. The number of benzene rings is 1. The molecule has 3 heterocycles. The Morgan fingerprint density at radius 1 is 1.12 bits per heavy atom. The maximum Gasteiger partial charge on any atom is 0.205 e. The molecule has 126 valence electrons. The Morgan fingerprint density at radius 3 is 2.92 bits per heavy atom. The molecule has 0 spiro atoms. The van der Waals surface area contributed by atoms with E-state index in [0.717, 1.165) is 34.2 Å². The molecule has 0 atom stereocenters. The summed E-state index contributed by atoms with van der Waals surface area (Å²) in [6, 6.07) is 7.77. The molecule has 0 fully saturated rings. The summed E-state index contributed by atoms with van der Waals surface area (Å²) < 4.78 is 5.76. The first-order valence-corrected chi connectivity index (χ1v) is 10.1. The fourth-order valence-electron chi connectivity index (χ4n) is 3.34. The minimum absolute atomic E-state index is 0.588. The molecule has 0 amide bonds. The van der Waals surface area contributed by atoms with Crippen molar-refractivity contribution in [2.45, 2.75) is 36.6 Å². The molecule has 3 aromatic heterocycles. The molecule has 4 aromatic rings. The largest absolute Gasteiger partial charge is 0.440 e. The van der Waals surface area contributed by atoms with Crippen LogP contribution in [0.5, 0.6) is 0 Å². The third kappa shape index (κ3) is 2.67. The monoisotopic (exact) mass is 368 g/mol. The highest BCUT2D eigenvalue weighted by Crippen LogP contribution is 2.38. The number of aryl methyl sites for hydroxylation is 2. The number of nitrogens with two attached hydrogens (primary N) is 1. The summed E-state index contributed by atoms with van der Waals surface area (Å²) in [5, 5.41) is 1.76. The Bertz CT molecular complexity index is 1050. The number of aromatic nitrogens is 3. The fraction of sp³-hybridized carbons (Fsp3) is 0.278. The molecule has 0 unspecified atom stereocenters. The Labute approximate surface area is 152 Å². The number of anilines is 1. The van der Waals surface area contributed by atoms with Crippen molar-refractivity contribution in [2.75, 3.05) is 5.73 Å². The summed E-state index contributed by atoms with van der Waals surface area (Å²) in [6.45, 7) is 0. The zero-order valence-electron chi connectivity index (χ0n) is 13.5. The number of oxazole rings is 1. The first-order chi connectivity index (χ1) is 12.3. The van der Waals surface area contributed by atoms with Gasteiger partial charge < -0.3 is 10.2 Å². The van der Waals surface area contributed by atoms with Gasteiger partial charge in [0.25, 0.3) is 0 Å². The summed E-state index contributed by atoms with van der Waals surface area (Å²) in [6.07, 6.45) is 4.72. The predicted molar refractivity (Wildman–Crippen MR) is 102 cm³/mol. The quantitative estimate of drug-likeness (QED) is 0.421. The lowest BCUT2D eigenvalue weighted by Gasteiger charge is -2.10. The third-order valence-corrected chi connectivity index (χ3v) is 6.50. The van der Waals surface area contributed by atoms with Gasteiger partial charge in [-0.25, -0.2) is 15.0 Å². The second kappa shape index (κ2) is 6.00. The van der Waals surface area contributed by atoms with E-state index in [4.69, 9.17) is 15.1 Å². The van der Waals surface area contributed by atoms with Gasteiger partial charge in [-0.05, 0) is 43.4 Å². The van der Waals surface area contributed by atoms with Gasteiger partial charge in [0.1, 0.15) is 16.2 Å². The maximum absolute atomic E-state index is 6.26. The van der Waals surface area contributed by atoms with Crippen LogP contribution in [-0.4, -0.2) is 15.0 Å². The minimum Gasteiger partial charge on any atom is -0.440 e. The summed E-state index contributed by atoms with van der Waals surface area (Å²) in [7, 11) is 0. The van der Waals surface area contributed by atoms with Crippen molar-refractivity contribution in [3.63, 3.8) is 0 Å². The van der Waals surface area contributed by atoms with E-state index in [9.17, 15) is 0 Å². The van der Waals surface area contributed by atoms with Crippen LogP contribution in [0.25, 0.3) is 21.3 Å². The van der Waals surface area contributed by atoms with Crippen molar-refractivity contribution in [1.82, 2.24) is 15.0 Å². The Hall–Kier alpha value is -2.12. The van der Waals surface area contributed by atoms with Crippen LogP contribution in [0.15, 0.2) is 33.8 Å². The molecule has 1 aliphatic carbocycles. The number of nitrogen functional groups attached to an aromatic ring is 1. The zero-order valence-corrected chi connectivity index (χ0v) is 15.1. The van der Waals surface area contributed by atoms with Crippen LogP contribution in [-0.2, 0) is 18.6 Å². The molecule has 0 saturated heterocycles. The molecule has 0 bridgehead atoms. The molecule has 2 N–H and O–H groups in total. The van der Waals surface area contributed by atoms with Crippen LogP contribution in [0.3, 0.4) is 0 Å². The highest BCUT2D eigenvalue weighted by atomic mass is 32.2. The minimum atomic E-state index is 0.588. The SMILES string of the molecule is Nc1nc(SCc2nc3ccccc3o2)nc2sc3c(c12)CCCC3. The molecule has 1 aromatic carbocycles. The third-order valence-electron chi connectivity index (χ3n) is 4.49. The summed E-state index contributed by atoms with van der Waals surface area (Å²) in [4.78, 5) is 16.2. The van der Waals surface area contributed by atoms with Crippen LogP contribution in [0.2, 0.25) is 0 Å². The predicted octanol–water partition coefficient (Wildman–Crippen LogP) is 4.59. The normalized spacial score (nSPS) is 14.2. The molecule has 5 rings (SSSR count). The van der Waals surface area contributed by atoms with Crippen LogP contribution < -0.4 is 5.73 Å². The lowest BCUT2D eigenvalue weighted by molar-refractivity contribution is 0.556. The number of nitrogens with zero attached hydrogens (tertiary/aromatic N) is 3. The number of fused-ring (bicyclic) bond motifs is 4. The van der Waals surface area contributed by atoms with Crippen LogP contribution >= 0.6 is 23.1 Å². The van der Waals surface area contributed by atoms with Crippen molar-refractivity contribution in [3.8, 4) is 0 Å². The number of hydrogen-bond acceptors (Lipinski definition) is 7. The lowest BCUT2D eigenvalue weighted by atomic mass is 9.97. The molecule has 0 saturated carbocycles. The first-order valence-electron chi connectivity index (χ1n) is 8.33. The van der Waals surface area contributed by atoms with Gasteiger partial charge >= 0.3 is 0 Å². The van der Waals surface area contributed by atoms with Crippen molar-refractivity contribution in [3.05, 3.63) is 40.6 Å². The van der Waals surface area contributed by atoms with E-state index in [1.54, 1.807) is 11.3 Å². The molecule has 7 heteroatoms. The number of thiophene rings is 1. The van der Waals surface area contributed by atoms with E-state index < -0.39 is 0 Å². The van der Waals surface area contributed by atoms with Gasteiger partial charge in [0.15, 0.2) is 10.7 Å².